The number of aromatic nitrogens is 3. The quantitative estimate of drug-likeness (QED) is 0.257. The van der Waals surface area contributed by atoms with Crippen LogP contribution in [0.5, 0.6) is 6.01 Å². The first-order chi connectivity index (χ1) is 20.4. The van der Waals surface area contributed by atoms with Crippen molar-refractivity contribution in [3.63, 3.8) is 0 Å². The number of piperidine rings is 1. The molecule has 3 saturated heterocycles. The Kier molecular flexibility index (Phi) is 6.69. The highest BCUT2D eigenvalue weighted by Gasteiger charge is 2.49. The molecule has 0 bridgehead atoms. The fraction of sp³-hybridized carbons (Fsp3) is 0.424. The van der Waals surface area contributed by atoms with E-state index in [0.29, 0.717) is 40.5 Å². The maximum atomic E-state index is 16.6. The van der Waals surface area contributed by atoms with Crippen LogP contribution < -0.4 is 9.64 Å². The van der Waals surface area contributed by atoms with Gasteiger partial charge in [0.15, 0.2) is 5.82 Å². The number of benzene rings is 2. The molecule has 4 aromatic rings. The Labute approximate surface area is 242 Å². The number of hydrogen-bond donors (Lipinski definition) is 0. The number of halogens is 3. The predicted octanol–water partition coefficient (Wildman–Crippen LogP) is 6.44. The van der Waals surface area contributed by atoms with Gasteiger partial charge < -0.3 is 9.64 Å². The van der Waals surface area contributed by atoms with Crippen molar-refractivity contribution in [2.45, 2.75) is 63.2 Å². The molecular formula is C33H32F3N5O. The van der Waals surface area contributed by atoms with E-state index in [1.54, 1.807) is 30.5 Å². The van der Waals surface area contributed by atoms with Crippen molar-refractivity contribution in [3.8, 4) is 29.6 Å². The molecule has 0 N–H and O–H groups in total. The lowest BCUT2D eigenvalue weighted by Gasteiger charge is -2.35. The standard InChI is InChI=1S/C33H32F3N5O/c1-3-23-26(35)12-11-21-9-6-10-24(27(21)23)29-28(36)30-25(17-37-29)31(41-15-5-4-8-20(41)2)39-32(38-30)42-19-33-13-7-14-40(33)18-22(34)16-33/h1,6,9-12,17,20,22H,4-5,7-8,13-16,18-19H2,2H3/t20-,22+,33-/m0/s1. The van der Waals surface area contributed by atoms with Crippen LogP contribution in [-0.2, 0) is 0 Å². The number of fused-ring (bicyclic) bond motifs is 3. The largest absolute Gasteiger partial charge is 0.461 e. The van der Waals surface area contributed by atoms with Crippen molar-refractivity contribution in [2.75, 3.05) is 31.1 Å². The smallest absolute Gasteiger partial charge is 0.319 e. The third-order valence-electron chi connectivity index (χ3n) is 9.34. The van der Waals surface area contributed by atoms with Gasteiger partial charge in [-0.1, -0.05) is 30.2 Å². The predicted molar refractivity (Wildman–Crippen MR) is 157 cm³/mol. The molecule has 9 heteroatoms. The molecule has 3 aliphatic heterocycles. The van der Waals surface area contributed by atoms with E-state index in [1.165, 1.54) is 6.07 Å². The average molecular weight is 572 g/mol. The van der Waals surface area contributed by atoms with Crippen LogP contribution in [0.4, 0.5) is 19.0 Å². The summed E-state index contributed by atoms with van der Waals surface area (Å²) in [6, 6.07) is 8.44. The van der Waals surface area contributed by atoms with E-state index in [1.807, 2.05) is 0 Å². The van der Waals surface area contributed by atoms with Crippen LogP contribution >= 0.6 is 0 Å². The van der Waals surface area contributed by atoms with Crippen LogP contribution in [0.1, 0.15) is 51.0 Å². The Bertz CT molecular complexity index is 1740. The number of terminal acetylenes is 1. The second kappa shape index (κ2) is 10.4. The summed E-state index contributed by atoms with van der Waals surface area (Å²) >= 11 is 0. The first-order valence-electron chi connectivity index (χ1n) is 14.7. The summed E-state index contributed by atoms with van der Waals surface area (Å²) < 4.78 is 52.0. The number of nitrogens with zero attached hydrogens (tertiary/aromatic N) is 5. The summed E-state index contributed by atoms with van der Waals surface area (Å²) in [5.74, 6) is 1.79. The summed E-state index contributed by atoms with van der Waals surface area (Å²) in [4.78, 5) is 18.2. The highest BCUT2D eigenvalue weighted by atomic mass is 19.1. The number of alkyl halides is 1. The van der Waals surface area contributed by atoms with E-state index < -0.39 is 23.3 Å². The molecule has 216 valence electrons. The van der Waals surface area contributed by atoms with Gasteiger partial charge in [0.1, 0.15) is 35.6 Å². The van der Waals surface area contributed by atoms with Crippen molar-refractivity contribution >= 4 is 27.5 Å². The molecule has 0 amide bonds. The molecule has 3 aliphatic rings. The molecule has 3 atom stereocenters. The summed E-state index contributed by atoms with van der Waals surface area (Å²) in [5, 5.41) is 1.58. The van der Waals surface area contributed by atoms with Crippen LogP contribution in [0.3, 0.4) is 0 Å². The SMILES string of the molecule is C#Cc1c(F)ccc2cccc(-c3ncc4c(N5CCCC[C@@H]5C)nc(OC[C@@]56CCCN5C[C@H](F)C6)nc4c3F)c12. The van der Waals surface area contributed by atoms with Gasteiger partial charge in [0.25, 0.3) is 0 Å². The van der Waals surface area contributed by atoms with Crippen LogP contribution in [0.25, 0.3) is 32.9 Å². The molecule has 0 aliphatic carbocycles. The van der Waals surface area contributed by atoms with E-state index in [-0.39, 0.29) is 35.4 Å². The molecule has 0 unspecified atom stereocenters. The Morgan fingerprint density at radius 2 is 2.00 bits per heavy atom. The average Bonchev–Trinajstić information content (AvgIpc) is 3.52. The van der Waals surface area contributed by atoms with E-state index in [4.69, 9.17) is 16.1 Å². The van der Waals surface area contributed by atoms with Gasteiger partial charge in [0.05, 0.1) is 16.5 Å². The number of rotatable bonds is 5. The maximum absolute atomic E-state index is 16.6. The van der Waals surface area contributed by atoms with Gasteiger partial charge in [-0.25, -0.2) is 13.2 Å². The van der Waals surface area contributed by atoms with Crippen molar-refractivity contribution < 1.29 is 17.9 Å². The zero-order valence-corrected chi connectivity index (χ0v) is 23.5. The van der Waals surface area contributed by atoms with Crippen LogP contribution in [0, 0.1) is 24.0 Å². The second-order valence-electron chi connectivity index (χ2n) is 11.9. The normalized spacial score (nSPS) is 24.3. The number of anilines is 1. The van der Waals surface area contributed by atoms with Gasteiger partial charge >= 0.3 is 6.01 Å². The van der Waals surface area contributed by atoms with Crippen LogP contribution in [0.2, 0.25) is 0 Å². The zero-order chi connectivity index (χ0) is 29.0. The van der Waals surface area contributed by atoms with Crippen LogP contribution in [0.15, 0.2) is 36.5 Å². The van der Waals surface area contributed by atoms with E-state index >= 15 is 4.39 Å². The molecule has 6 nitrogen and oxygen atoms in total. The summed E-state index contributed by atoms with van der Waals surface area (Å²) in [7, 11) is 0. The van der Waals surface area contributed by atoms with Crippen molar-refractivity contribution in [1.82, 2.24) is 19.9 Å². The molecule has 7 rings (SSSR count). The van der Waals surface area contributed by atoms with E-state index in [0.717, 1.165) is 45.2 Å². The molecule has 2 aromatic carbocycles. The zero-order valence-electron chi connectivity index (χ0n) is 23.5. The second-order valence-corrected chi connectivity index (χ2v) is 11.9. The highest BCUT2D eigenvalue weighted by molar-refractivity contribution is 6.02. The Hall–Kier alpha value is -3.90. The summed E-state index contributed by atoms with van der Waals surface area (Å²) in [6.45, 7) is 4.39. The lowest BCUT2D eigenvalue weighted by Crippen LogP contribution is -2.43. The third kappa shape index (κ3) is 4.35. The molecule has 0 radical (unpaired) electrons. The lowest BCUT2D eigenvalue weighted by atomic mass is 9.95. The molecule has 2 aromatic heterocycles. The Morgan fingerprint density at radius 3 is 2.83 bits per heavy atom. The van der Waals surface area contributed by atoms with Crippen LogP contribution in [-0.4, -0.2) is 63.8 Å². The van der Waals surface area contributed by atoms with Crippen molar-refractivity contribution in [1.29, 1.82) is 0 Å². The lowest BCUT2D eigenvalue weighted by molar-refractivity contribution is 0.107. The molecule has 42 heavy (non-hydrogen) atoms. The first kappa shape index (κ1) is 27.0. The molecule has 3 fully saturated rings. The molecule has 5 heterocycles. The Balaban J connectivity index is 1.37. The van der Waals surface area contributed by atoms with Gasteiger partial charge in [-0.05, 0) is 57.0 Å². The number of hydrogen-bond acceptors (Lipinski definition) is 6. The topological polar surface area (TPSA) is 54.4 Å². The van der Waals surface area contributed by atoms with Gasteiger partial charge in [0.2, 0.25) is 0 Å². The maximum Gasteiger partial charge on any atom is 0.319 e. The minimum atomic E-state index is -0.888. The highest BCUT2D eigenvalue weighted by Crippen LogP contribution is 2.41. The van der Waals surface area contributed by atoms with Crippen molar-refractivity contribution in [2.24, 2.45) is 0 Å². The molecule has 0 spiro atoms. The van der Waals surface area contributed by atoms with Gasteiger partial charge in [-0.15, -0.1) is 6.42 Å². The minimum absolute atomic E-state index is 0.0223. The minimum Gasteiger partial charge on any atom is -0.461 e. The summed E-state index contributed by atoms with van der Waals surface area (Å²) in [6.07, 6.45) is 11.7. The van der Waals surface area contributed by atoms with Crippen molar-refractivity contribution in [3.05, 3.63) is 53.7 Å². The number of pyridine rings is 1. The summed E-state index contributed by atoms with van der Waals surface area (Å²) in [5.41, 5.74) is 0.144. The van der Waals surface area contributed by atoms with E-state index in [2.05, 4.69) is 32.6 Å². The fourth-order valence-corrected chi connectivity index (χ4v) is 7.25. The fourth-order valence-electron chi connectivity index (χ4n) is 7.25. The Morgan fingerprint density at radius 1 is 1.12 bits per heavy atom. The first-order valence-corrected chi connectivity index (χ1v) is 14.7. The molecular weight excluding hydrogens is 539 g/mol. The molecule has 0 saturated carbocycles. The monoisotopic (exact) mass is 571 g/mol. The van der Waals surface area contributed by atoms with Gasteiger partial charge in [0, 0.05) is 42.7 Å². The number of ether oxygens (including phenoxy) is 1. The van der Waals surface area contributed by atoms with E-state index in [9.17, 15) is 8.78 Å². The third-order valence-corrected chi connectivity index (χ3v) is 9.34. The van der Waals surface area contributed by atoms with Gasteiger partial charge in [-0.2, -0.15) is 9.97 Å². The van der Waals surface area contributed by atoms with Gasteiger partial charge in [-0.3, -0.25) is 9.88 Å².